The van der Waals surface area contributed by atoms with E-state index in [1.54, 1.807) is 11.0 Å². The first-order chi connectivity index (χ1) is 10.5. The SMILES string of the molecule is Cc1c(O)ccc2ccc3c(c12)C(=O)N1CC(C)[C@H](C)N=C31. The number of amides is 1. The summed E-state index contributed by atoms with van der Waals surface area (Å²) >= 11 is 0. The van der Waals surface area contributed by atoms with Crippen molar-refractivity contribution < 1.29 is 9.90 Å². The second-order valence-corrected chi connectivity index (χ2v) is 6.38. The highest BCUT2D eigenvalue weighted by Crippen LogP contribution is 2.37. The predicted molar refractivity (Wildman–Crippen MR) is 86.5 cm³/mol. The number of amidine groups is 1. The fourth-order valence-corrected chi connectivity index (χ4v) is 3.44. The Balaban J connectivity index is 2.05. The van der Waals surface area contributed by atoms with Gasteiger partial charge in [0.1, 0.15) is 11.6 Å². The first kappa shape index (κ1) is 13.3. The summed E-state index contributed by atoms with van der Waals surface area (Å²) in [6.45, 7) is 6.77. The summed E-state index contributed by atoms with van der Waals surface area (Å²) in [6, 6.07) is 7.73. The topological polar surface area (TPSA) is 52.9 Å². The summed E-state index contributed by atoms with van der Waals surface area (Å²) in [7, 11) is 0. The standard InChI is InChI=1S/C18H18N2O2/c1-9-8-20-17(19-11(9)3)13-6-4-12-5-7-14(21)10(2)15(12)16(13)18(20)22/h4-7,9,11,21H,8H2,1-3H3/t9?,11-/m0/s1. The molecule has 2 heterocycles. The lowest BCUT2D eigenvalue weighted by Crippen LogP contribution is -2.41. The number of phenols is 1. The molecule has 2 aliphatic rings. The minimum atomic E-state index is 0.00630. The summed E-state index contributed by atoms with van der Waals surface area (Å²) in [5, 5.41) is 11.8. The Morgan fingerprint density at radius 1 is 1.23 bits per heavy atom. The molecule has 1 unspecified atom stereocenters. The van der Waals surface area contributed by atoms with Crippen LogP contribution in [-0.2, 0) is 0 Å². The molecule has 0 saturated carbocycles. The normalized spacial score (nSPS) is 23.5. The highest BCUT2D eigenvalue weighted by atomic mass is 16.3. The maximum absolute atomic E-state index is 12.9. The monoisotopic (exact) mass is 294 g/mol. The molecule has 4 heteroatoms. The largest absolute Gasteiger partial charge is 0.508 e. The average Bonchev–Trinajstić information content (AvgIpc) is 2.76. The van der Waals surface area contributed by atoms with Gasteiger partial charge in [0.05, 0.1) is 11.6 Å². The quantitative estimate of drug-likeness (QED) is 0.811. The number of fused-ring (bicyclic) bond motifs is 5. The van der Waals surface area contributed by atoms with E-state index in [2.05, 4.69) is 13.8 Å². The third-order valence-corrected chi connectivity index (χ3v) is 4.99. The molecular weight excluding hydrogens is 276 g/mol. The van der Waals surface area contributed by atoms with E-state index in [-0.39, 0.29) is 17.7 Å². The maximum atomic E-state index is 12.9. The molecule has 0 aliphatic carbocycles. The van der Waals surface area contributed by atoms with Gasteiger partial charge in [-0.3, -0.25) is 14.7 Å². The van der Waals surface area contributed by atoms with Crippen LogP contribution in [0.1, 0.15) is 35.3 Å². The first-order valence-electron chi connectivity index (χ1n) is 7.64. The van der Waals surface area contributed by atoms with E-state index in [0.29, 0.717) is 18.0 Å². The van der Waals surface area contributed by atoms with E-state index < -0.39 is 0 Å². The van der Waals surface area contributed by atoms with Gasteiger partial charge in [-0.1, -0.05) is 19.1 Å². The molecule has 22 heavy (non-hydrogen) atoms. The lowest BCUT2D eigenvalue weighted by molar-refractivity contribution is 0.0835. The number of aryl methyl sites for hydroxylation is 1. The lowest BCUT2D eigenvalue weighted by atomic mass is 9.96. The van der Waals surface area contributed by atoms with Crippen LogP contribution in [-0.4, -0.2) is 34.3 Å². The summed E-state index contributed by atoms with van der Waals surface area (Å²) in [5.41, 5.74) is 2.33. The third kappa shape index (κ3) is 1.58. The fraction of sp³-hybridized carbons (Fsp3) is 0.333. The van der Waals surface area contributed by atoms with Crippen molar-refractivity contribution in [2.45, 2.75) is 26.8 Å². The Morgan fingerprint density at radius 3 is 2.73 bits per heavy atom. The van der Waals surface area contributed by atoms with Gasteiger partial charge in [0.2, 0.25) is 0 Å². The van der Waals surface area contributed by atoms with Crippen molar-refractivity contribution in [2.24, 2.45) is 10.9 Å². The molecule has 0 fully saturated rings. The zero-order valence-corrected chi connectivity index (χ0v) is 12.9. The van der Waals surface area contributed by atoms with Gasteiger partial charge in [-0.15, -0.1) is 0 Å². The van der Waals surface area contributed by atoms with Crippen LogP contribution in [0.2, 0.25) is 0 Å². The highest BCUT2D eigenvalue weighted by molar-refractivity contribution is 6.28. The van der Waals surface area contributed by atoms with Gasteiger partial charge in [-0.05, 0) is 42.8 Å². The number of carbonyl (C=O) groups excluding carboxylic acids is 1. The molecule has 1 amide bonds. The van der Waals surface area contributed by atoms with Crippen LogP contribution in [0.3, 0.4) is 0 Å². The lowest BCUT2D eigenvalue weighted by Gasteiger charge is -2.30. The van der Waals surface area contributed by atoms with Crippen LogP contribution >= 0.6 is 0 Å². The van der Waals surface area contributed by atoms with Crippen LogP contribution in [0, 0.1) is 12.8 Å². The Morgan fingerprint density at radius 2 is 1.95 bits per heavy atom. The Hall–Kier alpha value is -2.36. The summed E-state index contributed by atoms with van der Waals surface area (Å²) in [5.74, 6) is 1.37. The highest BCUT2D eigenvalue weighted by Gasteiger charge is 2.39. The number of hydrogen-bond donors (Lipinski definition) is 1. The number of hydrogen-bond acceptors (Lipinski definition) is 3. The number of carbonyl (C=O) groups is 1. The van der Waals surface area contributed by atoms with E-state index >= 15 is 0 Å². The number of aromatic hydroxyl groups is 1. The second kappa shape index (κ2) is 4.32. The van der Waals surface area contributed by atoms with E-state index in [0.717, 1.165) is 27.7 Å². The molecule has 0 bridgehead atoms. The third-order valence-electron chi connectivity index (χ3n) is 4.99. The molecule has 2 aromatic rings. The van der Waals surface area contributed by atoms with Gasteiger partial charge in [-0.2, -0.15) is 0 Å². The van der Waals surface area contributed by atoms with Crippen LogP contribution in [0.4, 0.5) is 0 Å². The number of benzene rings is 2. The van der Waals surface area contributed by atoms with Gasteiger partial charge < -0.3 is 5.11 Å². The number of rotatable bonds is 0. The van der Waals surface area contributed by atoms with Gasteiger partial charge >= 0.3 is 0 Å². The van der Waals surface area contributed by atoms with Crippen LogP contribution < -0.4 is 0 Å². The van der Waals surface area contributed by atoms with Gasteiger partial charge in [0.15, 0.2) is 0 Å². The Bertz CT molecular complexity index is 854. The molecule has 0 aromatic heterocycles. The van der Waals surface area contributed by atoms with Crippen molar-refractivity contribution >= 4 is 22.5 Å². The summed E-state index contributed by atoms with van der Waals surface area (Å²) in [4.78, 5) is 19.4. The van der Waals surface area contributed by atoms with E-state index in [1.807, 2.05) is 25.1 Å². The fourth-order valence-electron chi connectivity index (χ4n) is 3.44. The molecule has 0 saturated heterocycles. The summed E-state index contributed by atoms with van der Waals surface area (Å²) < 4.78 is 0. The van der Waals surface area contributed by atoms with E-state index in [9.17, 15) is 9.90 Å². The molecule has 2 aliphatic heterocycles. The molecule has 112 valence electrons. The molecule has 0 radical (unpaired) electrons. The number of phenolic OH excluding ortho intramolecular Hbond substituents is 1. The van der Waals surface area contributed by atoms with Crippen LogP contribution in [0.25, 0.3) is 10.8 Å². The molecule has 2 atom stereocenters. The molecule has 2 aromatic carbocycles. The first-order valence-corrected chi connectivity index (χ1v) is 7.64. The van der Waals surface area contributed by atoms with Crippen molar-refractivity contribution in [3.05, 3.63) is 41.0 Å². The number of aliphatic imine (C=N–C) groups is 1. The van der Waals surface area contributed by atoms with Crippen LogP contribution in [0.5, 0.6) is 5.75 Å². The van der Waals surface area contributed by atoms with E-state index in [1.165, 1.54) is 0 Å². The average molecular weight is 294 g/mol. The van der Waals surface area contributed by atoms with Crippen molar-refractivity contribution in [3.8, 4) is 5.75 Å². The Kier molecular flexibility index (Phi) is 2.61. The van der Waals surface area contributed by atoms with Crippen molar-refractivity contribution in [3.63, 3.8) is 0 Å². The second-order valence-electron chi connectivity index (χ2n) is 6.38. The zero-order valence-electron chi connectivity index (χ0n) is 12.9. The minimum absolute atomic E-state index is 0.00630. The molecule has 4 rings (SSSR count). The molecular formula is C18H18N2O2. The van der Waals surface area contributed by atoms with Gasteiger partial charge in [0.25, 0.3) is 5.91 Å². The van der Waals surface area contributed by atoms with Crippen molar-refractivity contribution in [1.82, 2.24) is 4.90 Å². The van der Waals surface area contributed by atoms with Crippen LogP contribution in [0.15, 0.2) is 29.3 Å². The van der Waals surface area contributed by atoms with Gasteiger partial charge in [-0.25, -0.2) is 0 Å². The van der Waals surface area contributed by atoms with Crippen molar-refractivity contribution in [1.29, 1.82) is 0 Å². The zero-order chi connectivity index (χ0) is 15.6. The molecule has 1 N–H and O–H groups in total. The van der Waals surface area contributed by atoms with Crippen molar-refractivity contribution in [2.75, 3.05) is 6.54 Å². The Labute approximate surface area is 129 Å². The maximum Gasteiger partial charge on any atom is 0.260 e. The smallest absolute Gasteiger partial charge is 0.260 e. The predicted octanol–water partition coefficient (Wildman–Crippen LogP) is 3.09. The molecule has 4 nitrogen and oxygen atoms in total. The minimum Gasteiger partial charge on any atom is -0.508 e. The van der Waals surface area contributed by atoms with Gasteiger partial charge in [0, 0.05) is 17.5 Å². The number of nitrogens with zero attached hydrogens (tertiary/aromatic N) is 2. The molecule has 0 spiro atoms. The summed E-state index contributed by atoms with van der Waals surface area (Å²) in [6.07, 6.45) is 0. The van der Waals surface area contributed by atoms with E-state index in [4.69, 9.17) is 4.99 Å².